The van der Waals surface area contributed by atoms with Crippen LogP contribution < -0.4 is 0 Å². The van der Waals surface area contributed by atoms with Crippen molar-refractivity contribution in [3.63, 3.8) is 0 Å². The second-order valence-electron chi connectivity index (χ2n) is 2.54. The van der Waals surface area contributed by atoms with Gasteiger partial charge in [-0.2, -0.15) is 0 Å². The maximum atomic E-state index is 8.99. The Hall–Kier alpha value is -1.06. The first-order valence-corrected chi connectivity index (χ1v) is 3.23. The standard InChI is InChI=1S/C6H11N3O/c1-4(2)9-5(3)6(10)7-8-9/h4,10H,1-3H3. The largest absolute Gasteiger partial charge is 0.491 e. The molecule has 0 bridgehead atoms. The van der Waals surface area contributed by atoms with Crippen molar-refractivity contribution in [1.29, 1.82) is 0 Å². The number of hydrogen-bond donors (Lipinski definition) is 1. The van der Waals surface area contributed by atoms with E-state index in [1.165, 1.54) is 0 Å². The molecule has 0 saturated carbocycles. The quantitative estimate of drug-likeness (QED) is 0.631. The van der Waals surface area contributed by atoms with E-state index in [0.29, 0.717) is 0 Å². The Morgan fingerprint density at radius 1 is 1.50 bits per heavy atom. The summed E-state index contributed by atoms with van der Waals surface area (Å²) in [5, 5.41) is 16.2. The molecule has 0 spiro atoms. The molecule has 0 aromatic carbocycles. The van der Waals surface area contributed by atoms with Crippen molar-refractivity contribution in [3.05, 3.63) is 5.69 Å². The fourth-order valence-corrected chi connectivity index (χ4v) is 0.823. The van der Waals surface area contributed by atoms with Gasteiger partial charge in [0.25, 0.3) is 5.88 Å². The molecule has 1 aromatic rings. The molecule has 0 fully saturated rings. The van der Waals surface area contributed by atoms with Crippen molar-refractivity contribution in [3.8, 4) is 5.88 Å². The molecule has 0 atom stereocenters. The Morgan fingerprint density at radius 2 is 2.10 bits per heavy atom. The minimum atomic E-state index is 0.0219. The lowest BCUT2D eigenvalue weighted by atomic mass is 10.4. The Labute approximate surface area is 59.5 Å². The monoisotopic (exact) mass is 141 g/mol. The lowest BCUT2D eigenvalue weighted by Crippen LogP contribution is -2.04. The predicted molar refractivity (Wildman–Crippen MR) is 36.8 cm³/mol. The molecule has 1 N–H and O–H groups in total. The van der Waals surface area contributed by atoms with E-state index in [2.05, 4.69) is 10.3 Å². The molecule has 1 rings (SSSR count). The fraction of sp³-hybridized carbons (Fsp3) is 0.667. The van der Waals surface area contributed by atoms with Crippen LogP contribution in [0.1, 0.15) is 25.6 Å². The molecule has 56 valence electrons. The first-order chi connectivity index (χ1) is 4.63. The van der Waals surface area contributed by atoms with E-state index < -0.39 is 0 Å². The van der Waals surface area contributed by atoms with Crippen LogP contribution in [-0.2, 0) is 0 Å². The van der Waals surface area contributed by atoms with Gasteiger partial charge in [0.15, 0.2) is 0 Å². The van der Waals surface area contributed by atoms with Gasteiger partial charge < -0.3 is 5.11 Å². The summed E-state index contributed by atoms with van der Waals surface area (Å²) < 4.78 is 1.68. The summed E-state index contributed by atoms with van der Waals surface area (Å²) in [5.41, 5.74) is 0.718. The lowest BCUT2D eigenvalue weighted by Gasteiger charge is -2.04. The zero-order valence-corrected chi connectivity index (χ0v) is 6.37. The Bertz CT molecular complexity index is 229. The van der Waals surface area contributed by atoms with Crippen molar-refractivity contribution in [1.82, 2.24) is 15.0 Å². The van der Waals surface area contributed by atoms with Crippen molar-refractivity contribution in [2.45, 2.75) is 26.8 Å². The summed E-state index contributed by atoms with van der Waals surface area (Å²) in [7, 11) is 0. The van der Waals surface area contributed by atoms with E-state index in [9.17, 15) is 0 Å². The van der Waals surface area contributed by atoms with Gasteiger partial charge in [-0.3, -0.25) is 0 Å². The smallest absolute Gasteiger partial charge is 0.254 e. The van der Waals surface area contributed by atoms with Gasteiger partial charge in [-0.05, 0) is 20.8 Å². The minimum absolute atomic E-state index is 0.0219. The number of aromatic nitrogens is 3. The zero-order chi connectivity index (χ0) is 7.72. The van der Waals surface area contributed by atoms with Crippen LogP contribution in [-0.4, -0.2) is 20.1 Å². The van der Waals surface area contributed by atoms with E-state index in [0.717, 1.165) is 5.69 Å². The summed E-state index contributed by atoms with van der Waals surface area (Å²) in [6, 6.07) is 0.258. The fourth-order valence-electron chi connectivity index (χ4n) is 0.823. The van der Waals surface area contributed by atoms with Crippen LogP contribution in [0.25, 0.3) is 0 Å². The number of aromatic hydroxyl groups is 1. The highest BCUT2D eigenvalue weighted by molar-refractivity contribution is 5.12. The summed E-state index contributed by atoms with van der Waals surface area (Å²) in [6.07, 6.45) is 0. The molecule has 0 aliphatic carbocycles. The summed E-state index contributed by atoms with van der Waals surface area (Å²) in [5.74, 6) is 0.0219. The number of hydrogen-bond acceptors (Lipinski definition) is 3. The predicted octanol–water partition coefficient (Wildman–Crippen LogP) is 0.873. The Morgan fingerprint density at radius 3 is 2.30 bits per heavy atom. The van der Waals surface area contributed by atoms with Crippen LogP contribution in [0, 0.1) is 6.92 Å². The van der Waals surface area contributed by atoms with Gasteiger partial charge in [-0.15, -0.1) is 0 Å². The van der Waals surface area contributed by atoms with E-state index in [1.54, 1.807) is 11.6 Å². The van der Waals surface area contributed by atoms with Gasteiger partial charge in [0.05, 0.1) is 5.69 Å². The number of nitrogens with zero attached hydrogens (tertiary/aromatic N) is 3. The average molecular weight is 141 g/mol. The van der Waals surface area contributed by atoms with Gasteiger partial charge in [0.1, 0.15) is 0 Å². The Balaban J connectivity index is 3.05. The first-order valence-electron chi connectivity index (χ1n) is 3.23. The number of rotatable bonds is 1. The molecule has 4 heteroatoms. The van der Waals surface area contributed by atoms with Crippen molar-refractivity contribution < 1.29 is 5.11 Å². The molecule has 0 amide bonds. The van der Waals surface area contributed by atoms with Crippen LogP contribution in [0.15, 0.2) is 0 Å². The molecule has 0 saturated heterocycles. The molecule has 0 unspecified atom stereocenters. The molecule has 4 nitrogen and oxygen atoms in total. The van der Waals surface area contributed by atoms with Crippen LogP contribution >= 0.6 is 0 Å². The van der Waals surface area contributed by atoms with Crippen LogP contribution in [0.3, 0.4) is 0 Å². The highest BCUT2D eigenvalue weighted by atomic mass is 16.3. The Kier molecular flexibility index (Phi) is 1.61. The normalized spacial score (nSPS) is 10.8. The lowest BCUT2D eigenvalue weighted by molar-refractivity contribution is 0.447. The molecule has 0 aliphatic rings. The van der Waals surface area contributed by atoms with Crippen LogP contribution in [0.5, 0.6) is 5.88 Å². The molecular formula is C6H11N3O. The third kappa shape index (κ3) is 0.964. The maximum absolute atomic E-state index is 8.99. The van der Waals surface area contributed by atoms with Crippen molar-refractivity contribution >= 4 is 0 Å². The van der Waals surface area contributed by atoms with Crippen LogP contribution in [0.2, 0.25) is 0 Å². The summed E-state index contributed by atoms with van der Waals surface area (Å²) in [6.45, 7) is 5.76. The molecule has 10 heavy (non-hydrogen) atoms. The van der Waals surface area contributed by atoms with Crippen molar-refractivity contribution in [2.75, 3.05) is 0 Å². The highest BCUT2D eigenvalue weighted by Gasteiger charge is 2.07. The van der Waals surface area contributed by atoms with Crippen molar-refractivity contribution in [2.24, 2.45) is 0 Å². The zero-order valence-electron chi connectivity index (χ0n) is 6.37. The van der Waals surface area contributed by atoms with Crippen LogP contribution in [0.4, 0.5) is 0 Å². The second-order valence-corrected chi connectivity index (χ2v) is 2.54. The topological polar surface area (TPSA) is 50.9 Å². The molecule has 1 heterocycles. The van der Waals surface area contributed by atoms with Gasteiger partial charge in [-0.25, -0.2) is 4.68 Å². The highest BCUT2D eigenvalue weighted by Crippen LogP contribution is 2.13. The van der Waals surface area contributed by atoms with E-state index in [1.807, 2.05) is 13.8 Å². The van der Waals surface area contributed by atoms with E-state index in [4.69, 9.17) is 5.11 Å². The summed E-state index contributed by atoms with van der Waals surface area (Å²) >= 11 is 0. The van der Waals surface area contributed by atoms with Gasteiger partial charge in [-0.1, -0.05) is 10.3 Å². The molecule has 0 aliphatic heterocycles. The molecule has 1 aromatic heterocycles. The van der Waals surface area contributed by atoms with E-state index in [-0.39, 0.29) is 11.9 Å². The van der Waals surface area contributed by atoms with Gasteiger partial charge in [0.2, 0.25) is 0 Å². The minimum Gasteiger partial charge on any atom is -0.491 e. The van der Waals surface area contributed by atoms with Gasteiger partial charge in [0, 0.05) is 6.04 Å². The maximum Gasteiger partial charge on any atom is 0.254 e. The SMILES string of the molecule is Cc1c(O)nnn1C(C)C. The first kappa shape index (κ1) is 7.05. The molecular weight excluding hydrogens is 130 g/mol. The average Bonchev–Trinajstić information content (AvgIpc) is 2.14. The third-order valence-corrected chi connectivity index (χ3v) is 1.39. The van der Waals surface area contributed by atoms with Gasteiger partial charge >= 0.3 is 0 Å². The molecule has 0 radical (unpaired) electrons. The summed E-state index contributed by atoms with van der Waals surface area (Å²) in [4.78, 5) is 0. The second kappa shape index (κ2) is 2.28. The third-order valence-electron chi connectivity index (χ3n) is 1.39. The van der Waals surface area contributed by atoms with E-state index >= 15 is 0 Å².